The highest BCUT2D eigenvalue weighted by molar-refractivity contribution is 7.99. The molecule has 1 unspecified atom stereocenters. The predicted octanol–water partition coefficient (Wildman–Crippen LogP) is 1.80. The third-order valence-corrected chi connectivity index (χ3v) is 5.24. The van der Waals surface area contributed by atoms with Gasteiger partial charge >= 0.3 is 12.0 Å². The Labute approximate surface area is 125 Å². The van der Waals surface area contributed by atoms with Crippen molar-refractivity contribution in [1.29, 1.82) is 0 Å². The molecule has 2 rings (SSSR count). The number of aromatic carboxylic acids is 1. The zero-order valence-electron chi connectivity index (χ0n) is 11.4. The second kappa shape index (κ2) is 6.45. The molecule has 0 aliphatic carbocycles. The molecule has 1 aliphatic heterocycles. The summed E-state index contributed by atoms with van der Waals surface area (Å²) < 4.78 is 0. The fourth-order valence-electron chi connectivity index (χ4n) is 1.99. The molecule has 1 saturated heterocycles. The van der Waals surface area contributed by atoms with E-state index in [-0.39, 0.29) is 17.5 Å². The van der Waals surface area contributed by atoms with Crippen LogP contribution in [0.4, 0.5) is 4.79 Å². The van der Waals surface area contributed by atoms with Crippen molar-refractivity contribution < 1.29 is 14.7 Å². The zero-order valence-corrected chi connectivity index (χ0v) is 13.0. The van der Waals surface area contributed by atoms with Gasteiger partial charge in [0.05, 0.1) is 12.2 Å². The van der Waals surface area contributed by atoms with Crippen molar-refractivity contribution in [1.82, 2.24) is 15.2 Å². The van der Waals surface area contributed by atoms with Crippen LogP contribution in [0.2, 0.25) is 0 Å². The van der Waals surface area contributed by atoms with Crippen LogP contribution >= 0.6 is 23.1 Å². The van der Waals surface area contributed by atoms with Crippen LogP contribution in [-0.4, -0.2) is 51.1 Å². The average molecular weight is 315 g/mol. The van der Waals surface area contributed by atoms with E-state index < -0.39 is 5.97 Å². The van der Waals surface area contributed by atoms with Crippen molar-refractivity contribution in [3.05, 3.63) is 15.6 Å². The van der Waals surface area contributed by atoms with Gasteiger partial charge < -0.3 is 15.3 Å². The number of carbonyl (C=O) groups excluding carboxylic acids is 1. The lowest BCUT2D eigenvalue weighted by Gasteiger charge is -2.30. The Bertz CT molecular complexity index is 518. The molecule has 1 aromatic rings. The number of aromatic nitrogens is 1. The van der Waals surface area contributed by atoms with Gasteiger partial charge in [-0.2, -0.15) is 11.8 Å². The molecule has 6 nitrogen and oxygen atoms in total. The highest BCUT2D eigenvalue weighted by Crippen LogP contribution is 2.19. The van der Waals surface area contributed by atoms with Crippen molar-refractivity contribution in [2.75, 3.05) is 18.8 Å². The molecular formula is C12H17N3O3S2. The topological polar surface area (TPSA) is 82.5 Å². The number of amides is 2. The smallest absolute Gasteiger partial charge is 0.347 e. The Hall–Kier alpha value is -1.28. The molecule has 1 atom stereocenters. The predicted molar refractivity (Wildman–Crippen MR) is 79.5 cm³/mol. The summed E-state index contributed by atoms with van der Waals surface area (Å²) in [5.74, 6) is -0.0202. The minimum Gasteiger partial charge on any atom is -0.477 e. The van der Waals surface area contributed by atoms with Gasteiger partial charge in [0.15, 0.2) is 0 Å². The van der Waals surface area contributed by atoms with E-state index in [2.05, 4.69) is 17.2 Å². The summed E-state index contributed by atoms with van der Waals surface area (Å²) in [7, 11) is 0. The molecule has 0 spiro atoms. The molecule has 8 heteroatoms. The fraction of sp³-hybridized carbons (Fsp3) is 0.583. The first-order chi connectivity index (χ1) is 9.47. The van der Waals surface area contributed by atoms with Crippen LogP contribution in [-0.2, 0) is 6.54 Å². The molecular weight excluding hydrogens is 298 g/mol. The van der Waals surface area contributed by atoms with Gasteiger partial charge in [-0.3, -0.25) is 0 Å². The van der Waals surface area contributed by atoms with Gasteiger partial charge in [0.25, 0.3) is 0 Å². The van der Waals surface area contributed by atoms with Gasteiger partial charge in [-0.25, -0.2) is 14.6 Å². The van der Waals surface area contributed by atoms with Gasteiger partial charge in [0.2, 0.25) is 0 Å². The summed E-state index contributed by atoms with van der Waals surface area (Å²) in [6.45, 7) is 5.53. The number of aryl methyl sites for hydroxylation is 1. The van der Waals surface area contributed by atoms with E-state index in [9.17, 15) is 9.59 Å². The summed E-state index contributed by atoms with van der Waals surface area (Å²) in [5.41, 5.74) is 0.495. The van der Waals surface area contributed by atoms with E-state index in [1.165, 1.54) is 0 Å². The second-order valence-electron chi connectivity index (χ2n) is 4.61. The standard InChI is InChI=1S/C12H17N3O3S2/c1-7-6-15(3-4-19-7)12(18)13-5-9-14-8(2)10(20-9)11(16)17/h7H,3-6H2,1-2H3,(H,13,18)(H,16,17). The molecule has 20 heavy (non-hydrogen) atoms. The van der Waals surface area contributed by atoms with Crippen LogP contribution in [0, 0.1) is 6.92 Å². The maximum absolute atomic E-state index is 12.0. The summed E-state index contributed by atoms with van der Waals surface area (Å²) >= 11 is 2.97. The van der Waals surface area contributed by atoms with Crippen LogP contribution in [0.25, 0.3) is 0 Å². The molecule has 1 fully saturated rings. The molecule has 2 N–H and O–H groups in total. The van der Waals surface area contributed by atoms with Gasteiger partial charge in [0.1, 0.15) is 9.88 Å². The number of thiazole rings is 1. The van der Waals surface area contributed by atoms with Crippen LogP contribution in [0.5, 0.6) is 0 Å². The van der Waals surface area contributed by atoms with Crippen LogP contribution in [0.3, 0.4) is 0 Å². The van der Waals surface area contributed by atoms with Crippen molar-refractivity contribution in [2.45, 2.75) is 25.6 Å². The Balaban J connectivity index is 1.90. The van der Waals surface area contributed by atoms with Crippen molar-refractivity contribution in [3.63, 3.8) is 0 Å². The number of carbonyl (C=O) groups is 2. The second-order valence-corrected chi connectivity index (χ2v) is 7.24. The quantitative estimate of drug-likeness (QED) is 0.888. The number of nitrogens with zero attached hydrogens (tertiary/aromatic N) is 2. The molecule has 0 bridgehead atoms. The third-order valence-electron chi connectivity index (χ3n) is 2.95. The largest absolute Gasteiger partial charge is 0.477 e. The fourth-order valence-corrected chi connectivity index (χ4v) is 3.85. The molecule has 0 aromatic carbocycles. The Kier molecular flexibility index (Phi) is 4.87. The summed E-state index contributed by atoms with van der Waals surface area (Å²) in [5, 5.41) is 12.8. The lowest BCUT2D eigenvalue weighted by atomic mass is 10.4. The number of rotatable bonds is 3. The van der Waals surface area contributed by atoms with Crippen molar-refractivity contribution in [3.8, 4) is 0 Å². The van der Waals surface area contributed by atoms with Gasteiger partial charge in [-0.15, -0.1) is 11.3 Å². The molecule has 2 heterocycles. The number of urea groups is 1. The summed E-state index contributed by atoms with van der Waals surface area (Å²) in [4.78, 5) is 29.1. The Morgan fingerprint density at radius 3 is 2.90 bits per heavy atom. The molecule has 110 valence electrons. The minimum atomic E-state index is -0.973. The monoisotopic (exact) mass is 315 g/mol. The molecule has 1 aromatic heterocycles. The van der Waals surface area contributed by atoms with E-state index in [4.69, 9.17) is 5.11 Å². The third kappa shape index (κ3) is 3.63. The molecule has 0 radical (unpaired) electrons. The Morgan fingerprint density at radius 1 is 1.55 bits per heavy atom. The highest BCUT2D eigenvalue weighted by Gasteiger charge is 2.21. The first-order valence-electron chi connectivity index (χ1n) is 6.31. The van der Waals surface area contributed by atoms with Gasteiger partial charge in [-0.05, 0) is 6.92 Å². The lowest BCUT2D eigenvalue weighted by Crippen LogP contribution is -2.46. The van der Waals surface area contributed by atoms with E-state index >= 15 is 0 Å². The van der Waals surface area contributed by atoms with Crippen LogP contribution < -0.4 is 5.32 Å². The van der Waals surface area contributed by atoms with Gasteiger partial charge in [-0.1, -0.05) is 6.92 Å². The normalized spacial score (nSPS) is 18.9. The molecule has 2 amide bonds. The number of carboxylic acids is 1. The van der Waals surface area contributed by atoms with Crippen LogP contribution in [0.15, 0.2) is 0 Å². The number of carboxylic acid groups (broad SMARTS) is 1. The van der Waals surface area contributed by atoms with E-state index in [1.54, 1.807) is 11.8 Å². The zero-order chi connectivity index (χ0) is 14.7. The van der Waals surface area contributed by atoms with Crippen molar-refractivity contribution in [2.24, 2.45) is 0 Å². The van der Waals surface area contributed by atoms with Crippen LogP contribution in [0.1, 0.15) is 27.3 Å². The van der Waals surface area contributed by atoms with Gasteiger partial charge in [0, 0.05) is 24.1 Å². The number of hydrogen-bond donors (Lipinski definition) is 2. The van der Waals surface area contributed by atoms with E-state index in [0.717, 1.165) is 30.2 Å². The van der Waals surface area contributed by atoms with E-state index in [0.29, 0.717) is 16.0 Å². The first kappa shape index (κ1) is 15.1. The summed E-state index contributed by atoms with van der Waals surface area (Å²) in [6, 6.07) is -0.109. The number of nitrogens with one attached hydrogen (secondary N) is 1. The van der Waals surface area contributed by atoms with Crippen molar-refractivity contribution >= 4 is 35.1 Å². The maximum atomic E-state index is 12.0. The first-order valence-corrected chi connectivity index (χ1v) is 8.18. The highest BCUT2D eigenvalue weighted by atomic mass is 32.2. The number of thioether (sulfide) groups is 1. The number of hydrogen-bond acceptors (Lipinski definition) is 5. The maximum Gasteiger partial charge on any atom is 0.347 e. The minimum absolute atomic E-state index is 0.109. The van der Waals surface area contributed by atoms with E-state index in [1.807, 2.05) is 11.8 Å². The lowest BCUT2D eigenvalue weighted by molar-refractivity contribution is 0.0701. The average Bonchev–Trinajstić information content (AvgIpc) is 2.77. The SMILES string of the molecule is Cc1nc(CNC(=O)N2CCSC(C)C2)sc1C(=O)O. The molecule has 1 aliphatic rings. The summed E-state index contributed by atoms with van der Waals surface area (Å²) in [6.07, 6.45) is 0. The Morgan fingerprint density at radius 2 is 2.30 bits per heavy atom. The molecule has 0 saturated carbocycles.